The van der Waals surface area contributed by atoms with Crippen LogP contribution in [0.1, 0.15) is 25.8 Å². The molecule has 4 aromatic rings. The molecule has 2 aliphatic heterocycles. The maximum absolute atomic E-state index is 12.9. The van der Waals surface area contributed by atoms with Crippen molar-refractivity contribution in [2.24, 2.45) is 5.92 Å². The monoisotopic (exact) mass is 755 g/mol. The number of H-pyrrole nitrogens is 2. The summed E-state index contributed by atoms with van der Waals surface area (Å²) < 4.78 is 42.0. The fraction of sp³-hybridized carbons (Fsp3) is 0.524. The molecule has 47 heavy (non-hydrogen) atoms. The third-order valence-electron chi connectivity index (χ3n) is 7.32. The summed E-state index contributed by atoms with van der Waals surface area (Å²) in [4.78, 5) is 74.1. The topological polar surface area (TPSA) is 307 Å². The van der Waals surface area contributed by atoms with E-state index < -0.39 is 73.0 Å². The Morgan fingerprint density at radius 1 is 1.11 bits per heavy atom. The number of fused-ring (bicyclic) bond motifs is 2. The van der Waals surface area contributed by atoms with Crippen molar-refractivity contribution in [1.29, 1.82) is 0 Å². The van der Waals surface area contributed by atoms with Crippen molar-refractivity contribution in [3.8, 4) is 0 Å². The number of hydrogen-bond donors (Lipinski definition) is 8. The summed E-state index contributed by atoms with van der Waals surface area (Å²) in [5, 5.41) is 11.3. The van der Waals surface area contributed by atoms with Gasteiger partial charge in [0.25, 0.3) is 11.1 Å². The molecule has 0 radical (unpaired) electrons. The summed E-state index contributed by atoms with van der Waals surface area (Å²) in [7, 11) is 0. The zero-order chi connectivity index (χ0) is 34.0. The average Bonchev–Trinajstić information content (AvgIpc) is 3.70. The minimum Gasteiger partial charge on any atom is -0.386 e. The Bertz CT molecular complexity index is 2110. The van der Waals surface area contributed by atoms with Crippen LogP contribution in [0.2, 0.25) is 0 Å². The van der Waals surface area contributed by atoms with Crippen molar-refractivity contribution in [3.05, 3.63) is 36.7 Å². The molecule has 6 rings (SSSR count). The number of thiazole rings is 1. The van der Waals surface area contributed by atoms with Gasteiger partial charge in [0.15, 0.2) is 23.0 Å². The van der Waals surface area contributed by atoms with Gasteiger partial charge in [-0.05, 0) is 18.2 Å². The fourth-order valence-corrected chi connectivity index (χ4v) is 8.24. The maximum atomic E-state index is 12.9. The van der Waals surface area contributed by atoms with Crippen LogP contribution in [0, 0.1) is 5.92 Å². The quantitative estimate of drug-likeness (QED) is 0.0732. The first kappa shape index (κ1) is 34.3. The van der Waals surface area contributed by atoms with Crippen LogP contribution in [-0.4, -0.2) is 86.6 Å². The van der Waals surface area contributed by atoms with E-state index in [1.807, 2.05) is 6.92 Å². The number of ether oxygens (including phenoxy) is 2. The van der Waals surface area contributed by atoms with E-state index >= 15 is 0 Å². The largest absolute Gasteiger partial charge is 0.386 e. The van der Waals surface area contributed by atoms with Gasteiger partial charge in [0.1, 0.15) is 29.2 Å². The van der Waals surface area contributed by atoms with Crippen LogP contribution in [0.3, 0.4) is 0 Å². The van der Waals surface area contributed by atoms with Crippen LogP contribution in [0.25, 0.3) is 21.5 Å². The minimum absolute atomic E-state index is 0.0716. The molecular weight excluding hydrogens is 728 g/mol. The van der Waals surface area contributed by atoms with Gasteiger partial charge in [0, 0.05) is 5.92 Å². The number of nitrogens with one attached hydrogen (secondary N) is 2. The number of nitrogen functional groups attached to an aromatic ring is 2. The van der Waals surface area contributed by atoms with Gasteiger partial charge in [0.05, 0.1) is 25.6 Å². The fourth-order valence-electron chi connectivity index (χ4n) is 5.39. The number of hydrogen-bond acceptors (Lipinski definition) is 17. The molecule has 0 saturated carbocycles. The van der Waals surface area contributed by atoms with Gasteiger partial charge in [-0.25, -0.2) is 9.55 Å². The third-order valence-corrected chi connectivity index (χ3v) is 10.7. The SMILES string of the molecule is CC1C[C@@H](COP(O)(=S)OC2[C@@H](O)[C@H](n3c(=O)sc4c(=O)[nH]c(N)nc43)O[C@@H]2COP(=O)(O)S)O[C@H]1n1cnc2c(=O)[nH]c(N)nc21. The van der Waals surface area contributed by atoms with Crippen LogP contribution in [0.4, 0.5) is 11.9 Å². The van der Waals surface area contributed by atoms with Crippen LogP contribution in [-0.2, 0) is 39.4 Å². The van der Waals surface area contributed by atoms with E-state index in [-0.39, 0.29) is 45.9 Å². The lowest BCUT2D eigenvalue weighted by Gasteiger charge is -2.26. The number of imidazole rings is 1. The van der Waals surface area contributed by atoms with Crippen molar-refractivity contribution < 1.29 is 42.5 Å². The van der Waals surface area contributed by atoms with E-state index in [4.69, 9.17) is 46.3 Å². The molecule has 26 heteroatoms. The lowest BCUT2D eigenvalue weighted by Crippen LogP contribution is -2.37. The summed E-state index contributed by atoms with van der Waals surface area (Å²) in [6.07, 6.45) is -5.80. The Morgan fingerprint density at radius 2 is 1.79 bits per heavy atom. The second-order valence-corrected chi connectivity index (χ2v) is 17.2. The molecule has 4 aromatic heterocycles. The highest BCUT2D eigenvalue weighted by atomic mass is 32.7. The first-order valence-electron chi connectivity index (χ1n) is 13.5. The maximum Gasteiger partial charge on any atom is 0.383 e. The van der Waals surface area contributed by atoms with E-state index in [0.29, 0.717) is 17.8 Å². The van der Waals surface area contributed by atoms with Crippen molar-refractivity contribution in [1.82, 2.24) is 34.1 Å². The number of thiol groups is 1. The highest BCUT2D eigenvalue weighted by Gasteiger charge is 2.50. The van der Waals surface area contributed by atoms with Gasteiger partial charge >= 0.3 is 18.4 Å². The van der Waals surface area contributed by atoms with Gasteiger partial charge in [-0.1, -0.05) is 30.5 Å². The number of rotatable bonds is 10. The number of aromatic nitrogens is 7. The summed E-state index contributed by atoms with van der Waals surface area (Å²) in [6, 6.07) is 0. The predicted octanol–water partition coefficient (Wildman–Crippen LogP) is -0.709. The van der Waals surface area contributed by atoms with E-state index in [2.05, 4.69) is 37.2 Å². The minimum atomic E-state index is -4.37. The van der Waals surface area contributed by atoms with E-state index in [1.165, 1.54) is 6.33 Å². The summed E-state index contributed by atoms with van der Waals surface area (Å²) in [5.41, 5.74) is 10.2. The molecule has 9 N–H and O–H groups in total. The number of aliphatic hydroxyl groups is 1. The van der Waals surface area contributed by atoms with Crippen molar-refractivity contribution in [2.45, 2.75) is 50.2 Å². The van der Waals surface area contributed by atoms with Gasteiger partial charge in [0.2, 0.25) is 11.9 Å². The van der Waals surface area contributed by atoms with Crippen molar-refractivity contribution in [3.63, 3.8) is 0 Å². The molecule has 2 aliphatic rings. The highest BCUT2D eigenvalue weighted by molar-refractivity contribution is 8.44. The molecule has 0 aliphatic carbocycles. The normalized spacial score (nSPS) is 29.0. The number of nitrogens with zero attached hydrogens (tertiary/aromatic N) is 5. The Hall–Kier alpha value is -2.57. The van der Waals surface area contributed by atoms with E-state index in [9.17, 15) is 33.8 Å². The second kappa shape index (κ2) is 12.7. The zero-order valence-electron chi connectivity index (χ0n) is 23.8. The molecule has 21 nitrogen and oxygen atoms in total. The lowest BCUT2D eigenvalue weighted by molar-refractivity contribution is -0.0489. The number of aliphatic hydroxyl groups excluding tert-OH is 1. The molecule has 4 unspecified atom stereocenters. The number of aromatic amines is 2. The Labute approximate surface area is 275 Å². The standard InChI is InChI=1S/C21H27N9O12P2S3/c1-6-2-7(40-17(6)29-5-24-9-13(29)25-19(22)27-15(9)32)3-39-44(37,46)42-11-8(4-38-43(35,36)45)41-18(10(11)31)30-14-12(47-21(30)34)16(33)28-20(23)26-14/h5-8,10-11,17-18,31H,2-4H2,1H3,(H,37,46)(H2,35,36,45)(H3,22,25,27,32)(H3,23,26,28,33)/t6?,7-,8+,10+,11?,17+,18+,44?/m0/s1. The van der Waals surface area contributed by atoms with Gasteiger partial charge < -0.3 is 40.4 Å². The molecule has 9 atom stereocenters. The summed E-state index contributed by atoms with van der Waals surface area (Å²) in [5.74, 6) is -0.554. The van der Waals surface area contributed by atoms with Crippen LogP contribution < -0.4 is 27.5 Å². The molecular formula is C21H27N9O12P2S3. The summed E-state index contributed by atoms with van der Waals surface area (Å²) >= 11 is 9.18. The predicted molar refractivity (Wildman–Crippen MR) is 171 cm³/mol. The molecule has 0 bridgehead atoms. The average molecular weight is 756 g/mol. The number of nitrogens with two attached hydrogens (primary N) is 2. The molecule has 2 fully saturated rings. The van der Waals surface area contributed by atoms with Gasteiger partial charge in [-0.2, -0.15) is 9.97 Å². The van der Waals surface area contributed by atoms with E-state index in [0.717, 1.165) is 4.57 Å². The molecule has 0 spiro atoms. The zero-order valence-corrected chi connectivity index (χ0v) is 28.1. The molecule has 2 saturated heterocycles. The molecule has 0 aromatic carbocycles. The van der Waals surface area contributed by atoms with Crippen LogP contribution in [0.5, 0.6) is 0 Å². The number of anilines is 2. The second-order valence-electron chi connectivity index (χ2n) is 10.7. The highest BCUT2D eigenvalue weighted by Crippen LogP contribution is 2.51. The molecule has 0 amide bonds. The third kappa shape index (κ3) is 6.97. The molecule has 6 heterocycles. The van der Waals surface area contributed by atoms with Crippen LogP contribution >= 0.6 is 37.1 Å². The smallest absolute Gasteiger partial charge is 0.383 e. The Kier molecular flexibility index (Phi) is 9.28. The Morgan fingerprint density at radius 3 is 2.49 bits per heavy atom. The Balaban J connectivity index is 1.19. The first-order valence-corrected chi connectivity index (χ1v) is 19.6. The van der Waals surface area contributed by atoms with Gasteiger partial charge in [-0.3, -0.25) is 42.5 Å². The van der Waals surface area contributed by atoms with E-state index in [1.54, 1.807) is 4.57 Å². The van der Waals surface area contributed by atoms with Crippen molar-refractivity contribution >= 4 is 82.3 Å². The molecule has 256 valence electrons. The summed E-state index contributed by atoms with van der Waals surface area (Å²) in [6.45, 7) is -7.69. The van der Waals surface area contributed by atoms with Crippen molar-refractivity contribution in [2.75, 3.05) is 24.7 Å². The van der Waals surface area contributed by atoms with Gasteiger partial charge in [-0.15, -0.1) is 0 Å². The lowest BCUT2D eigenvalue weighted by atomic mass is 10.1. The first-order chi connectivity index (χ1) is 22.0. The van der Waals surface area contributed by atoms with Crippen LogP contribution in [0.15, 0.2) is 20.7 Å².